The SMILES string of the molecule is C=C(O)c1cccc(S(=O)(=O)Cc2cc(-c3cncnc3)c(C)cc2[N+](=O)[O-])c1. The molecule has 1 heterocycles. The van der Waals surface area contributed by atoms with E-state index in [0.717, 1.165) is 0 Å². The van der Waals surface area contributed by atoms with Gasteiger partial charge in [0, 0.05) is 35.2 Å². The first-order valence-corrected chi connectivity index (χ1v) is 10.1. The van der Waals surface area contributed by atoms with Gasteiger partial charge in [0.25, 0.3) is 5.69 Å². The molecule has 0 amide bonds. The fourth-order valence-electron chi connectivity index (χ4n) is 2.93. The third kappa shape index (κ3) is 4.30. The highest BCUT2D eigenvalue weighted by atomic mass is 32.2. The van der Waals surface area contributed by atoms with Crippen LogP contribution < -0.4 is 0 Å². The fraction of sp³-hybridized carbons (Fsp3) is 0.100. The number of hydrogen-bond acceptors (Lipinski definition) is 7. The van der Waals surface area contributed by atoms with Gasteiger partial charge in [0.05, 0.1) is 15.6 Å². The van der Waals surface area contributed by atoms with Crippen LogP contribution in [0.15, 0.2) is 66.6 Å². The number of aromatic nitrogens is 2. The molecule has 29 heavy (non-hydrogen) atoms. The van der Waals surface area contributed by atoms with Crippen LogP contribution in [-0.4, -0.2) is 28.4 Å². The number of aryl methyl sites for hydroxylation is 1. The predicted molar refractivity (Wildman–Crippen MR) is 108 cm³/mol. The number of aliphatic hydroxyl groups excluding tert-OH is 1. The van der Waals surface area contributed by atoms with Crippen molar-refractivity contribution in [3.8, 4) is 11.1 Å². The van der Waals surface area contributed by atoms with E-state index >= 15 is 0 Å². The van der Waals surface area contributed by atoms with Crippen LogP contribution in [0.5, 0.6) is 0 Å². The summed E-state index contributed by atoms with van der Waals surface area (Å²) >= 11 is 0. The smallest absolute Gasteiger partial charge is 0.273 e. The number of sulfone groups is 1. The third-order valence-corrected chi connectivity index (χ3v) is 6.03. The van der Waals surface area contributed by atoms with Crippen molar-refractivity contribution in [2.45, 2.75) is 17.6 Å². The Hall–Kier alpha value is -3.59. The Labute approximate surface area is 167 Å². The van der Waals surface area contributed by atoms with Crippen molar-refractivity contribution < 1.29 is 18.4 Å². The zero-order valence-corrected chi connectivity index (χ0v) is 16.3. The summed E-state index contributed by atoms with van der Waals surface area (Å²) in [6, 6.07) is 8.47. The molecule has 2 aromatic carbocycles. The maximum absolute atomic E-state index is 12.9. The van der Waals surface area contributed by atoms with Crippen LogP contribution in [-0.2, 0) is 15.6 Å². The van der Waals surface area contributed by atoms with Crippen molar-refractivity contribution in [2.24, 2.45) is 0 Å². The lowest BCUT2D eigenvalue weighted by molar-refractivity contribution is -0.385. The predicted octanol–water partition coefficient (Wildman–Crippen LogP) is 3.86. The average molecular weight is 411 g/mol. The molecule has 0 fully saturated rings. The Kier molecular flexibility index (Phi) is 5.42. The Balaban J connectivity index is 2.11. The second-order valence-corrected chi connectivity index (χ2v) is 8.40. The van der Waals surface area contributed by atoms with Crippen molar-refractivity contribution in [3.05, 3.63) is 88.5 Å². The molecule has 0 saturated carbocycles. The lowest BCUT2D eigenvalue weighted by Crippen LogP contribution is -2.08. The molecule has 8 nitrogen and oxygen atoms in total. The van der Waals surface area contributed by atoms with E-state index < -0.39 is 20.5 Å². The fourth-order valence-corrected chi connectivity index (χ4v) is 4.33. The standard InChI is InChI=1S/C20H17N3O5S/c1-13-6-20(23(25)26)16(8-19(13)17-9-21-12-22-10-17)11-29(27,28)18-5-3-4-15(7-18)14(2)24/h3-10,12,24H,2,11H2,1H3. The van der Waals surface area contributed by atoms with E-state index in [-0.39, 0.29) is 27.5 Å². The molecule has 1 N–H and O–H groups in total. The molecular weight excluding hydrogens is 394 g/mol. The van der Waals surface area contributed by atoms with Crippen LogP contribution in [0.4, 0.5) is 5.69 Å². The minimum atomic E-state index is -3.93. The molecular formula is C20H17N3O5S. The van der Waals surface area contributed by atoms with Gasteiger partial charge in [-0.2, -0.15) is 0 Å². The largest absolute Gasteiger partial charge is 0.508 e. The van der Waals surface area contributed by atoms with Gasteiger partial charge in [-0.25, -0.2) is 18.4 Å². The van der Waals surface area contributed by atoms with Crippen molar-refractivity contribution in [1.82, 2.24) is 9.97 Å². The topological polar surface area (TPSA) is 123 Å². The van der Waals surface area contributed by atoms with Gasteiger partial charge in [0.2, 0.25) is 0 Å². The summed E-state index contributed by atoms with van der Waals surface area (Å²) in [4.78, 5) is 18.7. The van der Waals surface area contributed by atoms with Gasteiger partial charge in [-0.3, -0.25) is 10.1 Å². The van der Waals surface area contributed by atoms with E-state index in [1.54, 1.807) is 19.3 Å². The number of hydrogen-bond donors (Lipinski definition) is 1. The second kappa shape index (κ2) is 7.80. The van der Waals surface area contributed by atoms with Gasteiger partial charge >= 0.3 is 0 Å². The molecule has 9 heteroatoms. The molecule has 148 valence electrons. The van der Waals surface area contributed by atoms with Crippen molar-refractivity contribution >= 4 is 21.3 Å². The van der Waals surface area contributed by atoms with Gasteiger partial charge in [0.15, 0.2) is 9.84 Å². The minimum Gasteiger partial charge on any atom is -0.508 e. The Bertz CT molecular complexity index is 1210. The number of rotatable bonds is 6. The van der Waals surface area contributed by atoms with Gasteiger partial charge in [-0.05, 0) is 36.2 Å². The summed E-state index contributed by atoms with van der Waals surface area (Å²) in [6.07, 6.45) is 4.46. The summed E-state index contributed by atoms with van der Waals surface area (Å²) < 4.78 is 25.9. The molecule has 0 aliphatic rings. The van der Waals surface area contributed by atoms with E-state index in [9.17, 15) is 23.6 Å². The summed E-state index contributed by atoms with van der Waals surface area (Å²) in [5, 5.41) is 21.1. The molecule has 0 aliphatic heterocycles. The van der Waals surface area contributed by atoms with Crippen LogP contribution in [0.2, 0.25) is 0 Å². The minimum absolute atomic E-state index is 0.0488. The molecule has 1 aromatic heterocycles. The van der Waals surface area contributed by atoms with E-state index in [4.69, 9.17) is 0 Å². The molecule has 0 aliphatic carbocycles. The zero-order valence-electron chi connectivity index (χ0n) is 15.4. The number of nitrogens with zero attached hydrogens (tertiary/aromatic N) is 3. The van der Waals surface area contributed by atoms with E-state index in [2.05, 4.69) is 16.5 Å². The summed E-state index contributed by atoms with van der Waals surface area (Å²) in [5.41, 5.74) is 1.86. The van der Waals surface area contributed by atoms with Crippen LogP contribution in [0.3, 0.4) is 0 Å². The van der Waals surface area contributed by atoms with Gasteiger partial charge < -0.3 is 5.11 Å². The highest BCUT2D eigenvalue weighted by molar-refractivity contribution is 7.90. The molecule has 0 atom stereocenters. The van der Waals surface area contributed by atoms with Crippen molar-refractivity contribution in [3.63, 3.8) is 0 Å². The summed E-state index contributed by atoms with van der Waals surface area (Å²) in [5.74, 6) is -0.847. The van der Waals surface area contributed by atoms with Crippen LogP contribution in [0, 0.1) is 17.0 Å². The molecule has 3 aromatic rings. The molecule has 0 bridgehead atoms. The van der Waals surface area contributed by atoms with E-state index in [1.807, 2.05) is 0 Å². The maximum atomic E-state index is 12.9. The Morgan fingerprint density at radius 3 is 2.52 bits per heavy atom. The number of nitro groups is 1. The molecule has 0 saturated heterocycles. The highest BCUT2D eigenvalue weighted by Gasteiger charge is 2.24. The van der Waals surface area contributed by atoms with Gasteiger partial charge in [0.1, 0.15) is 12.1 Å². The maximum Gasteiger partial charge on any atom is 0.273 e. The monoisotopic (exact) mass is 411 g/mol. The first kappa shape index (κ1) is 20.2. The lowest BCUT2D eigenvalue weighted by Gasteiger charge is -2.11. The number of nitro benzene ring substituents is 1. The van der Waals surface area contributed by atoms with Crippen molar-refractivity contribution in [1.29, 1.82) is 0 Å². The van der Waals surface area contributed by atoms with Crippen LogP contribution >= 0.6 is 0 Å². The Morgan fingerprint density at radius 1 is 1.21 bits per heavy atom. The van der Waals surface area contributed by atoms with Crippen LogP contribution in [0.1, 0.15) is 16.7 Å². The molecule has 0 radical (unpaired) electrons. The number of aliphatic hydroxyl groups is 1. The van der Waals surface area contributed by atoms with E-state index in [1.165, 1.54) is 42.7 Å². The second-order valence-electron chi connectivity index (χ2n) is 6.41. The van der Waals surface area contributed by atoms with Crippen molar-refractivity contribution in [2.75, 3.05) is 0 Å². The van der Waals surface area contributed by atoms with Gasteiger partial charge in [-0.15, -0.1) is 0 Å². The quantitative estimate of drug-likeness (QED) is 0.371. The van der Waals surface area contributed by atoms with E-state index in [0.29, 0.717) is 16.7 Å². The van der Waals surface area contributed by atoms with Gasteiger partial charge in [-0.1, -0.05) is 18.7 Å². The molecule has 0 spiro atoms. The normalized spacial score (nSPS) is 11.2. The van der Waals surface area contributed by atoms with Crippen LogP contribution in [0.25, 0.3) is 16.9 Å². The average Bonchev–Trinajstić information content (AvgIpc) is 2.69. The zero-order chi connectivity index (χ0) is 21.2. The summed E-state index contributed by atoms with van der Waals surface area (Å²) in [6.45, 7) is 5.08. The number of benzene rings is 2. The highest BCUT2D eigenvalue weighted by Crippen LogP contribution is 2.32. The first-order chi connectivity index (χ1) is 13.7. The summed E-state index contributed by atoms with van der Waals surface area (Å²) in [7, 11) is -3.93. The molecule has 0 unspecified atom stereocenters. The first-order valence-electron chi connectivity index (χ1n) is 8.43. The Morgan fingerprint density at radius 2 is 1.90 bits per heavy atom. The molecule has 3 rings (SSSR count). The third-order valence-electron chi connectivity index (χ3n) is 4.37. The lowest BCUT2D eigenvalue weighted by atomic mass is 9.99.